The van der Waals surface area contributed by atoms with Gasteiger partial charge in [-0.1, -0.05) is 38.3 Å². The van der Waals surface area contributed by atoms with Crippen LogP contribution in [-0.2, 0) is 18.9 Å². The molecule has 1 aromatic carbocycles. The number of carbonyl (C=O) groups is 2. The van der Waals surface area contributed by atoms with E-state index < -0.39 is 11.9 Å². The van der Waals surface area contributed by atoms with Crippen LogP contribution in [-0.4, -0.2) is 63.3 Å². The van der Waals surface area contributed by atoms with Crippen LogP contribution in [0.4, 0.5) is 0 Å². The third-order valence-electron chi connectivity index (χ3n) is 3.72. The Bertz CT molecular complexity index is 545. The van der Waals surface area contributed by atoms with E-state index >= 15 is 0 Å². The van der Waals surface area contributed by atoms with Gasteiger partial charge in [-0.3, -0.25) is 0 Å². The van der Waals surface area contributed by atoms with E-state index in [0.29, 0.717) is 26.4 Å². The molecule has 0 aliphatic heterocycles. The largest absolute Gasteiger partial charge is 0.478 e. The molecule has 7 nitrogen and oxygen atoms in total. The SMILES string of the molecule is CCCCCCOCCOCCOCCOC(=O)c1ccccc1C(=O)O. The number of esters is 1. The molecule has 0 fully saturated rings. The third-order valence-corrected chi connectivity index (χ3v) is 3.72. The minimum Gasteiger partial charge on any atom is -0.478 e. The molecule has 0 saturated heterocycles. The van der Waals surface area contributed by atoms with Gasteiger partial charge in [-0.15, -0.1) is 0 Å². The molecular formula is C20H30O7. The van der Waals surface area contributed by atoms with Gasteiger partial charge in [-0.25, -0.2) is 9.59 Å². The number of carboxylic acids is 1. The first-order valence-electron chi connectivity index (χ1n) is 9.39. The lowest BCUT2D eigenvalue weighted by Crippen LogP contribution is -2.16. The first-order valence-corrected chi connectivity index (χ1v) is 9.39. The first-order chi connectivity index (χ1) is 13.2. The van der Waals surface area contributed by atoms with Gasteiger partial charge in [0.05, 0.1) is 44.2 Å². The molecule has 0 spiro atoms. The molecule has 0 saturated carbocycles. The number of carboxylic acid groups (broad SMARTS) is 1. The number of benzene rings is 1. The van der Waals surface area contributed by atoms with E-state index in [-0.39, 0.29) is 24.3 Å². The number of hydrogen-bond acceptors (Lipinski definition) is 6. The lowest BCUT2D eigenvalue weighted by atomic mass is 10.1. The van der Waals surface area contributed by atoms with Gasteiger partial charge in [-0.05, 0) is 18.6 Å². The zero-order valence-electron chi connectivity index (χ0n) is 16.0. The van der Waals surface area contributed by atoms with E-state index in [1.165, 1.54) is 31.4 Å². The monoisotopic (exact) mass is 382 g/mol. The van der Waals surface area contributed by atoms with Crippen molar-refractivity contribution in [2.24, 2.45) is 0 Å². The second-order valence-corrected chi connectivity index (χ2v) is 5.88. The molecule has 0 unspecified atom stereocenters. The van der Waals surface area contributed by atoms with Gasteiger partial charge in [0.25, 0.3) is 0 Å². The summed E-state index contributed by atoms with van der Waals surface area (Å²) in [5.41, 5.74) is -0.0487. The summed E-state index contributed by atoms with van der Waals surface area (Å²) >= 11 is 0. The van der Waals surface area contributed by atoms with Crippen LogP contribution in [0, 0.1) is 0 Å². The number of rotatable bonds is 16. The molecule has 7 heteroatoms. The molecule has 0 heterocycles. The maximum absolute atomic E-state index is 11.9. The Balaban J connectivity index is 1.97. The normalized spacial score (nSPS) is 10.7. The molecule has 0 aliphatic carbocycles. The van der Waals surface area contributed by atoms with Crippen molar-refractivity contribution in [2.45, 2.75) is 32.6 Å². The summed E-state index contributed by atoms with van der Waals surface area (Å²) < 4.78 is 21.2. The highest BCUT2D eigenvalue weighted by Gasteiger charge is 2.16. The predicted octanol–water partition coefficient (Wildman–Crippen LogP) is 3.17. The van der Waals surface area contributed by atoms with Crippen LogP contribution in [0.2, 0.25) is 0 Å². The lowest BCUT2D eigenvalue weighted by Gasteiger charge is -2.08. The van der Waals surface area contributed by atoms with E-state index in [1.807, 2.05) is 0 Å². The summed E-state index contributed by atoms with van der Waals surface area (Å²) in [6.07, 6.45) is 4.76. The minimum atomic E-state index is -1.17. The van der Waals surface area contributed by atoms with Crippen molar-refractivity contribution in [1.82, 2.24) is 0 Å². The van der Waals surface area contributed by atoms with Crippen molar-refractivity contribution in [2.75, 3.05) is 46.2 Å². The number of ether oxygens (including phenoxy) is 4. The van der Waals surface area contributed by atoms with Crippen LogP contribution in [0.15, 0.2) is 24.3 Å². The molecule has 1 rings (SSSR count). The molecule has 0 radical (unpaired) electrons. The number of hydrogen-bond donors (Lipinski definition) is 1. The topological polar surface area (TPSA) is 91.3 Å². The van der Waals surface area contributed by atoms with Crippen molar-refractivity contribution >= 4 is 11.9 Å². The summed E-state index contributed by atoms with van der Waals surface area (Å²) in [5.74, 6) is -1.84. The molecule has 1 aromatic rings. The highest BCUT2D eigenvalue weighted by Crippen LogP contribution is 2.10. The Morgan fingerprint density at radius 3 is 1.93 bits per heavy atom. The van der Waals surface area contributed by atoms with Crippen LogP contribution in [0.1, 0.15) is 53.3 Å². The van der Waals surface area contributed by atoms with Crippen LogP contribution < -0.4 is 0 Å². The zero-order valence-corrected chi connectivity index (χ0v) is 16.0. The molecule has 152 valence electrons. The van der Waals surface area contributed by atoms with Gasteiger partial charge >= 0.3 is 11.9 Å². The highest BCUT2D eigenvalue weighted by molar-refractivity contribution is 6.02. The van der Waals surface area contributed by atoms with E-state index in [9.17, 15) is 9.59 Å². The Hall–Kier alpha value is -1.96. The van der Waals surface area contributed by atoms with E-state index in [1.54, 1.807) is 12.1 Å². The average Bonchev–Trinajstić information content (AvgIpc) is 2.68. The molecule has 27 heavy (non-hydrogen) atoms. The average molecular weight is 382 g/mol. The Morgan fingerprint density at radius 2 is 1.33 bits per heavy atom. The molecule has 0 bridgehead atoms. The fourth-order valence-corrected chi connectivity index (χ4v) is 2.29. The molecule has 0 amide bonds. The number of unbranched alkanes of at least 4 members (excludes halogenated alkanes) is 3. The van der Waals surface area contributed by atoms with Crippen LogP contribution in [0.5, 0.6) is 0 Å². The predicted molar refractivity (Wildman–Crippen MR) is 100 cm³/mol. The van der Waals surface area contributed by atoms with E-state index in [4.69, 9.17) is 24.1 Å². The van der Waals surface area contributed by atoms with Gasteiger partial charge in [0.15, 0.2) is 0 Å². The van der Waals surface area contributed by atoms with Gasteiger partial charge in [0.1, 0.15) is 6.61 Å². The summed E-state index contributed by atoms with van der Waals surface area (Å²) in [6, 6.07) is 5.93. The van der Waals surface area contributed by atoms with Crippen LogP contribution in [0.3, 0.4) is 0 Å². The second kappa shape index (κ2) is 15.1. The third kappa shape index (κ3) is 10.7. The highest BCUT2D eigenvalue weighted by atomic mass is 16.6. The number of carbonyl (C=O) groups excluding carboxylic acids is 1. The van der Waals surface area contributed by atoms with E-state index in [0.717, 1.165) is 13.0 Å². The fourth-order valence-electron chi connectivity index (χ4n) is 2.29. The fraction of sp³-hybridized carbons (Fsp3) is 0.600. The standard InChI is InChI=1S/C20H30O7/c1-2-3-4-7-10-24-11-12-25-13-14-26-15-16-27-20(23)18-9-6-5-8-17(18)19(21)22/h5-6,8-9H,2-4,7,10-16H2,1H3,(H,21,22). The lowest BCUT2D eigenvalue weighted by molar-refractivity contribution is 0.000126. The summed E-state index contributed by atoms with van der Waals surface area (Å²) in [5, 5.41) is 9.05. The van der Waals surface area contributed by atoms with Gasteiger partial charge in [0.2, 0.25) is 0 Å². The molecule has 1 N–H and O–H groups in total. The van der Waals surface area contributed by atoms with Crippen molar-refractivity contribution < 1.29 is 33.6 Å². The molecular weight excluding hydrogens is 352 g/mol. The Labute approximate surface area is 160 Å². The van der Waals surface area contributed by atoms with Gasteiger partial charge in [-0.2, -0.15) is 0 Å². The summed E-state index contributed by atoms with van der Waals surface area (Å²) in [4.78, 5) is 23.0. The van der Waals surface area contributed by atoms with Crippen molar-refractivity contribution in [1.29, 1.82) is 0 Å². The Morgan fingerprint density at radius 1 is 0.778 bits per heavy atom. The number of aromatic carboxylic acids is 1. The van der Waals surface area contributed by atoms with Crippen LogP contribution in [0.25, 0.3) is 0 Å². The Kier molecular flexibility index (Phi) is 12.9. The molecule has 0 aromatic heterocycles. The smallest absolute Gasteiger partial charge is 0.339 e. The summed E-state index contributed by atoms with van der Waals surface area (Å²) in [7, 11) is 0. The summed E-state index contributed by atoms with van der Waals surface area (Å²) in [6.45, 7) is 5.15. The maximum atomic E-state index is 11.9. The maximum Gasteiger partial charge on any atom is 0.339 e. The molecule has 0 atom stereocenters. The van der Waals surface area contributed by atoms with Crippen molar-refractivity contribution in [3.8, 4) is 0 Å². The first kappa shape index (κ1) is 23.1. The quantitative estimate of drug-likeness (QED) is 0.347. The van der Waals surface area contributed by atoms with E-state index in [2.05, 4.69) is 6.92 Å². The van der Waals surface area contributed by atoms with Gasteiger partial charge in [0, 0.05) is 6.61 Å². The van der Waals surface area contributed by atoms with Crippen LogP contribution >= 0.6 is 0 Å². The minimum absolute atomic E-state index is 0.0306. The second-order valence-electron chi connectivity index (χ2n) is 5.88. The van der Waals surface area contributed by atoms with Crippen molar-refractivity contribution in [3.63, 3.8) is 0 Å². The zero-order chi connectivity index (χ0) is 19.7. The molecule has 0 aliphatic rings. The van der Waals surface area contributed by atoms with Gasteiger partial charge < -0.3 is 24.1 Å². The van der Waals surface area contributed by atoms with Crippen molar-refractivity contribution in [3.05, 3.63) is 35.4 Å².